The summed E-state index contributed by atoms with van der Waals surface area (Å²) in [6, 6.07) is 9.50. The zero-order valence-electron chi connectivity index (χ0n) is 15.1. The molecular weight excluding hydrogens is 370 g/mol. The summed E-state index contributed by atoms with van der Waals surface area (Å²) in [5.41, 5.74) is 1.61. The molecule has 8 heteroatoms. The summed E-state index contributed by atoms with van der Waals surface area (Å²) < 4.78 is 1.34. The van der Waals surface area contributed by atoms with Gasteiger partial charge in [-0.05, 0) is 31.6 Å². The summed E-state index contributed by atoms with van der Waals surface area (Å²) in [6.07, 6.45) is 0. The van der Waals surface area contributed by atoms with Gasteiger partial charge < -0.3 is 5.32 Å². The van der Waals surface area contributed by atoms with Crippen molar-refractivity contribution in [2.75, 3.05) is 25.0 Å². The minimum Gasteiger partial charge on any atom is -0.358 e. The predicted octanol–water partition coefficient (Wildman–Crippen LogP) is 3.61. The molecule has 0 aliphatic carbocycles. The Balaban J connectivity index is 1.87. The van der Waals surface area contributed by atoms with Crippen LogP contribution < -0.4 is 10.9 Å². The average Bonchev–Trinajstić information content (AvgIpc) is 3.02. The molecular formula is C18H22ClN5OS. The second-order valence-electron chi connectivity index (χ2n) is 5.98. The predicted molar refractivity (Wildman–Crippen MR) is 107 cm³/mol. The number of benzene rings is 1. The smallest absolute Gasteiger partial charge is 0.275 e. The lowest BCUT2D eigenvalue weighted by Crippen LogP contribution is -2.33. The van der Waals surface area contributed by atoms with Gasteiger partial charge >= 0.3 is 0 Å². The molecule has 0 radical (unpaired) electrons. The monoisotopic (exact) mass is 391 g/mol. The third kappa shape index (κ3) is 3.90. The number of aromatic nitrogens is 3. The first-order valence-electron chi connectivity index (χ1n) is 8.63. The van der Waals surface area contributed by atoms with Crippen LogP contribution in [0.1, 0.15) is 31.1 Å². The topological polar surface area (TPSA) is 62.5 Å². The van der Waals surface area contributed by atoms with Gasteiger partial charge in [0.15, 0.2) is 0 Å². The first kappa shape index (κ1) is 18.8. The fourth-order valence-corrected chi connectivity index (χ4v) is 4.14. The van der Waals surface area contributed by atoms with Gasteiger partial charge in [-0.25, -0.2) is 4.98 Å². The molecule has 3 rings (SSSR count). The standard InChI is InChI=1S/C18H22ClN5OS/c1-4-23(5-2)15(13-8-6-7-9-14(13)19)11-20-17-22-24-16(25)10-12(3)21-18(24)26-17/h6-10,15H,4-5,11H2,1-3H3,(H,20,22). The van der Waals surface area contributed by atoms with Gasteiger partial charge in [0.2, 0.25) is 10.1 Å². The second kappa shape index (κ2) is 8.16. The molecule has 138 valence electrons. The maximum Gasteiger partial charge on any atom is 0.275 e. The summed E-state index contributed by atoms with van der Waals surface area (Å²) in [6.45, 7) is 8.54. The van der Waals surface area contributed by atoms with Crippen LogP contribution in [0.2, 0.25) is 5.02 Å². The molecule has 3 aromatic rings. The molecule has 1 unspecified atom stereocenters. The average molecular weight is 392 g/mol. The van der Waals surface area contributed by atoms with Crippen molar-refractivity contribution < 1.29 is 0 Å². The van der Waals surface area contributed by atoms with Gasteiger partial charge in [0.1, 0.15) is 0 Å². The number of anilines is 1. The van der Waals surface area contributed by atoms with E-state index in [1.54, 1.807) is 0 Å². The zero-order chi connectivity index (χ0) is 18.7. The Morgan fingerprint density at radius 3 is 2.73 bits per heavy atom. The highest BCUT2D eigenvalue weighted by atomic mass is 35.5. The van der Waals surface area contributed by atoms with Crippen molar-refractivity contribution in [3.05, 3.63) is 57.0 Å². The van der Waals surface area contributed by atoms with Crippen LogP contribution in [0.25, 0.3) is 4.96 Å². The highest BCUT2D eigenvalue weighted by Gasteiger charge is 2.21. The molecule has 0 aliphatic heterocycles. The van der Waals surface area contributed by atoms with E-state index in [-0.39, 0.29) is 11.6 Å². The molecule has 0 saturated carbocycles. The van der Waals surface area contributed by atoms with Gasteiger partial charge in [0.05, 0.1) is 6.04 Å². The van der Waals surface area contributed by atoms with Gasteiger partial charge in [0.25, 0.3) is 5.56 Å². The summed E-state index contributed by atoms with van der Waals surface area (Å²) >= 11 is 7.81. The molecule has 26 heavy (non-hydrogen) atoms. The third-order valence-electron chi connectivity index (χ3n) is 4.34. The second-order valence-corrected chi connectivity index (χ2v) is 7.34. The van der Waals surface area contributed by atoms with Gasteiger partial charge in [-0.3, -0.25) is 9.69 Å². The van der Waals surface area contributed by atoms with Crippen LogP contribution >= 0.6 is 22.9 Å². The molecule has 0 fully saturated rings. The van der Waals surface area contributed by atoms with E-state index in [4.69, 9.17) is 11.6 Å². The Labute approximate surface area is 161 Å². The highest BCUT2D eigenvalue weighted by molar-refractivity contribution is 7.20. The maximum atomic E-state index is 12.0. The van der Waals surface area contributed by atoms with Gasteiger partial charge in [0, 0.05) is 23.3 Å². The molecule has 2 heterocycles. The lowest BCUT2D eigenvalue weighted by Gasteiger charge is -2.30. The lowest BCUT2D eigenvalue weighted by atomic mass is 10.0. The van der Waals surface area contributed by atoms with Crippen LogP contribution in [-0.2, 0) is 0 Å². The molecule has 0 saturated heterocycles. The summed E-state index contributed by atoms with van der Waals surface area (Å²) in [7, 11) is 0. The van der Waals surface area contributed by atoms with E-state index >= 15 is 0 Å². The summed E-state index contributed by atoms with van der Waals surface area (Å²) in [5, 5.41) is 9.14. The van der Waals surface area contributed by atoms with Gasteiger partial charge in [-0.1, -0.05) is 55.0 Å². The van der Waals surface area contributed by atoms with E-state index in [9.17, 15) is 4.79 Å². The van der Waals surface area contributed by atoms with Gasteiger partial charge in [-0.2, -0.15) is 4.52 Å². The van der Waals surface area contributed by atoms with Crippen molar-refractivity contribution in [3.63, 3.8) is 0 Å². The van der Waals surface area contributed by atoms with Crippen molar-refractivity contribution in [2.24, 2.45) is 0 Å². The Bertz CT molecular complexity index is 950. The molecule has 1 atom stereocenters. The Kier molecular flexibility index (Phi) is 5.90. The highest BCUT2D eigenvalue weighted by Crippen LogP contribution is 2.28. The number of hydrogen-bond donors (Lipinski definition) is 1. The van der Waals surface area contributed by atoms with Crippen LogP contribution in [-0.4, -0.2) is 39.1 Å². The maximum absolute atomic E-state index is 12.0. The number of likely N-dealkylation sites (N-methyl/N-ethyl adjacent to an activating group) is 1. The van der Waals surface area contributed by atoms with E-state index in [2.05, 4.69) is 40.2 Å². The van der Waals surface area contributed by atoms with E-state index in [0.29, 0.717) is 22.3 Å². The van der Waals surface area contributed by atoms with Crippen LogP contribution in [0.5, 0.6) is 0 Å². The summed E-state index contributed by atoms with van der Waals surface area (Å²) in [4.78, 5) is 19.3. The molecule has 6 nitrogen and oxygen atoms in total. The molecule has 1 N–H and O–H groups in total. The van der Waals surface area contributed by atoms with Gasteiger partial charge in [-0.15, -0.1) is 5.10 Å². The molecule has 0 bridgehead atoms. The number of halogens is 1. The summed E-state index contributed by atoms with van der Waals surface area (Å²) in [5.74, 6) is 0. The minimum atomic E-state index is -0.164. The van der Waals surface area contributed by atoms with E-state index in [1.807, 2.05) is 25.1 Å². The Morgan fingerprint density at radius 1 is 1.31 bits per heavy atom. The number of hydrogen-bond acceptors (Lipinski definition) is 6. The SMILES string of the molecule is CCN(CC)C(CNc1nn2c(=O)cc(C)nc2s1)c1ccccc1Cl. The van der Waals surface area contributed by atoms with E-state index in [1.165, 1.54) is 21.9 Å². The molecule has 0 spiro atoms. The third-order valence-corrected chi connectivity index (χ3v) is 5.55. The van der Waals surface area contributed by atoms with Crippen molar-refractivity contribution in [1.29, 1.82) is 0 Å². The number of fused-ring (bicyclic) bond motifs is 1. The zero-order valence-corrected chi connectivity index (χ0v) is 16.6. The van der Waals surface area contributed by atoms with Crippen molar-refractivity contribution in [3.8, 4) is 0 Å². The number of rotatable bonds is 7. The quantitative estimate of drug-likeness (QED) is 0.666. The first-order valence-corrected chi connectivity index (χ1v) is 9.82. The van der Waals surface area contributed by atoms with E-state index < -0.39 is 0 Å². The first-order chi connectivity index (χ1) is 12.5. The van der Waals surface area contributed by atoms with Crippen molar-refractivity contribution >= 4 is 33.0 Å². The fourth-order valence-electron chi connectivity index (χ4n) is 3.02. The van der Waals surface area contributed by atoms with E-state index in [0.717, 1.165) is 23.7 Å². The number of nitrogens with one attached hydrogen (secondary N) is 1. The van der Waals surface area contributed by atoms with Crippen molar-refractivity contribution in [2.45, 2.75) is 26.8 Å². The molecule has 1 aromatic carbocycles. The Hall–Kier alpha value is -1.96. The molecule has 0 aliphatic rings. The Morgan fingerprint density at radius 2 is 2.04 bits per heavy atom. The number of aryl methyl sites for hydroxylation is 1. The normalized spacial score (nSPS) is 12.7. The molecule has 2 aromatic heterocycles. The van der Waals surface area contributed by atoms with Crippen LogP contribution in [0.3, 0.4) is 0 Å². The van der Waals surface area contributed by atoms with Crippen LogP contribution in [0.15, 0.2) is 35.1 Å². The van der Waals surface area contributed by atoms with Crippen molar-refractivity contribution in [1.82, 2.24) is 19.5 Å². The lowest BCUT2D eigenvalue weighted by molar-refractivity contribution is 0.228. The largest absolute Gasteiger partial charge is 0.358 e. The fraction of sp³-hybridized carbons (Fsp3) is 0.389. The molecule has 0 amide bonds. The van der Waals surface area contributed by atoms with Crippen LogP contribution in [0.4, 0.5) is 5.13 Å². The minimum absolute atomic E-state index is 0.108. The number of nitrogens with zero attached hydrogens (tertiary/aromatic N) is 4. The van der Waals surface area contributed by atoms with Crippen LogP contribution in [0, 0.1) is 6.92 Å².